The van der Waals surface area contributed by atoms with E-state index in [1.165, 1.54) is 11.3 Å². The van der Waals surface area contributed by atoms with E-state index in [-0.39, 0.29) is 12.2 Å². The molecular formula is C21H20BrNO6S. The smallest absolute Gasteiger partial charge is 0.341 e. The van der Waals surface area contributed by atoms with Crippen LogP contribution in [0.2, 0.25) is 0 Å². The van der Waals surface area contributed by atoms with Crippen molar-refractivity contribution in [3.05, 3.63) is 39.7 Å². The second kappa shape index (κ2) is 8.49. The molecule has 0 radical (unpaired) electrons. The van der Waals surface area contributed by atoms with Gasteiger partial charge in [0.05, 0.1) is 30.7 Å². The van der Waals surface area contributed by atoms with Crippen LogP contribution >= 0.6 is 27.3 Å². The standard InChI is InChI=1S/C21H20BrNO6S/c1-2-28-21(27)15-12(10-4-3-5-11(22)8-10)9-30-19(15)23-18(24)16-13-6-7-14(29-13)17(16)20(25)26/h3-5,8-9,13-14,16-17H,2,6-7H2,1H3,(H,23,24)(H,25,26)/t13-,14+,16+,17-/m0/s1. The van der Waals surface area contributed by atoms with Crippen LogP contribution in [0.3, 0.4) is 0 Å². The zero-order valence-corrected chi connectivity index (χ0v) is 18.5. The first-order valence-corrected chi connectivity index (χ1v) is 11.3. The maximum atomic E-state index is 13.0. The number of hydrogen-bond donors (Lipinski definition) is 2. The fourth-order valence-corrected chi connectivity index (χ4v) is 5.60. The predicted octanol–water partition coefficient (Wildman–Crippen LogP) is 4.17. The highest BCUT2D eigenvalue weighted by atomic mass is 79.9. The van der Waals surface area contributed by atoms with Crippen molar-refractivity contribution in [1.82, 2.24) is 0 Å². The predicted molar refractivity (Wildman–Crippen MR) is 115 cm³/mol. The average Bonchev–Trinajstić information content (AvgIpc) is 3.42. The van der Waals surface area contributed by atoms with E-state index in [0.717, 1.165) is 10.0 Å². The van der Waals surface area contributed by atoms with Gasteiger partial charge in [-0.2, -0.15) is 0 Å². The number of thiophene rings is 1. The summed E-state index contributed by atoms with van der Waals surface area (Å²) >= 11 is 4.64. The van der Waals surface area contributed by atoms with Gasteiger partial charge >= 0.3 is 11.9 Å². The molecule has 2 aliphatic heterocycles. The zero-order valence-electron chi connectivity index (χ0n) is 16.1. The largest absolute Gasteiger partial charge is 0.481 e. The molecule has 9 heteroatoms. The first-order chi connectivity index (χ1) is 14.4. The van der Waals surface area contributed by atoms with E-state index >= 15 is 0 Å². The number of aliphatic carboxylic acids is 1. The lowest BCUT2D eigenvalue weighted by Gasteiger charge is -2.23. The summed E-state index contributed by atoms with van der Waals surface area (Å²) in [6, 6.07) is 7.48. The summed E-state index contributed by atoms with van der Waals surface area (Å²) < 4.78 is 11.8. The quantitative estimate of drug-likeness (QED) is 0.585. The Morgan fingerprint density at radius 1 is 1.27 bits per heavy atom. The van der Waals surface area contributed by atoms with Crippen LogP contribution in [0, 0.1) is 11.8 Å². The number of hydrogen-bond acceptors (Lipinski definition) is 6. The molecule has 1 amide bonds. The number of rotatable bonds is 6. The van der Waals surface area contributed by atoms with Crippen LogP contribution in [0.15, 0.2) is 34.1 Å². The number of halogens is 1. The minimum Gasteiger partial charge on any atom is -0.481 e. The molecule has 1 aromatic heterocycles. The van der Waals surface area contributed by atoms with Gasteiger partial charge in [0.15, 0.2) is 0 Å². The third kappa shape index (κ3) is 3.77. The molecule has 2 aliphatic rings. The maximum Gasteiger partial charge on any atom is 0.341 e. The van der Waals surface area contributed by atoms with Gasteiger partial charge in [-0.25, -0.2) is 4.79 Å². The van der Waals surface area contributed by atoms with Gasteiger partial charge in [-0.05, 0) is 37.5 Å². The van der Waals surface area contributed by atoms with E-state index < -0.39 is 41.9 Å². The van der Waals surface area contributed by atoms with Gasteiger partial charge in [-0.3, -0.25) is 9.59 Å². The summed E-state index contributed by atoms with van der Waals surface area (Å²) in [4.78, 5) is 37.5. The Kier molecular flexibility index (Phi) is 5.95. The summed E-state index contributed by atoms with van der Waals surface area (Å²) in [6.07, 6.45) is 0.455. The molecule has 3 heterocycles. The summed E-state index contributed by atoms with van der Waals surface area (Å²) in [7, 11) is 0. The molecule has 2 N–H and O–H groups in total. The lowest BCUT2D eigenvalue weighted by atomic mass is 9.79. The van der Waals surface area contributed by atoms with Crippen LogP contribution in [0.25, 0.3) is 11.1 Å². The monoisotopic (exact) mass is 493 g/mol. The summed E-state index contributed by atoms with van der Waals surface area (Å²) in [5, 5.41) is 14.5. The first-order valence-electron chi connectivity index (χ1n) is 9.64. The van der Waals surface area contributed by atoms with Gasteiger partial charge in [-0.1, -0.05) is 28.1 Å². The van der Waals surface area contributed by atoms with Crippen molar-refractivity contribution in [1.29, 1.82) is 0 Å². The number of ether oxygens (including phenoxy) is 2. The number of carbonyl (C=O) groups is 3. The lowest BCUT2D eigenvalue weighted by molar-refractivity contribution is -0.147. The molecule has 4 rings (SSSR count). The van der Waals surface area contributed by atoms with Gasteiger partial charge in [-0.15, -0.1) is 11.3 Å². The number of carboxylic acids is 1. The molecule has 2 fully saturated rings. The van der Waals surface area contributed by atoms with Crippen LogP contribution in [-0.4, -0.2) is 41.8 Å². The number of carbonyl (C=O) groups excluding carboxylic acids is 2. The van der Waals surface area contributed by atoms with Crippen LogP contribution < -0.4 is 5.32 Å². The molecule has 1 aromatic carbocycles. The third-order valence-electron chi connectivity index (χ3n) is 5.50. The number of carboxylic acid groups (broad SMARTS) is 1. The molecular weight excluding hydrogens is 474 g/mol. The van der Waals surface area contributed by atoms with Crippen molar-refractivity contribution < 1.29 is 29.0 Å². The van der Waals surface area contributed by atoms with Crippen molar-refractivity contribution in [3.63, 3.8) is 0 Å². The van der Waals surface area contributed by atoms with Crippen molar-refractivity contribution >= 4 is 50.1 Å². The van der Waals surface area contributed by atoms with E-state index in [2.05, 4.69) is 21.2 Å². The topological polar surface area (TPSA) is 102 Å². The molecule has 30 heavy (non-hydrogen) atoms. The normalized spacial score (nSPS) is 24.6. The third-order valence-corrected chi connectivity index (χ3v) is 6.89. The molecule has 2 aromatic rings. The Morgan fingerprint density at radius 2 is 2.00 bits per heavy atom. The van der Waals surface area contributed by atoms with Gasteiger partial charge in [0.2, 0.25) is 5.91 Å². The Balaban J connectivity index is 1.66. The van der Waals surface area contributed by atoms with E-state index in [9.17, 15) is 19.5 Å². The summed E-state index contributed by atoms with van der Waals surface area (Å²) in [5.41, 5.74) is 1.72. The highest BCUT2D eigenvalue weighted by Crippen LogP contribution is 2.45. The second-order valence-electron chi connectivity index (χ2n) is 7.25. The highest BCUT2D eigenvalue weighted by molar-refractivity contribution is 9.10. The zero-order chi connectivity index (χ0) is 21.4. The molecule has 158 valence electrons. The Labute approximate surface area is 185 Å². The Hall–Kier alpha value is -2.23. The first kappa shape index (κ1) is 21.0. The van der Waals surface area contributed by atoms with Crippen molar-refractivity contribution in [2.45, 2.75) is 32.0 Å². The fraction of sp³-hybridized carbons (Fsp3) is 0.381. The molecule has 7 nitrogen and oxygen atoms in total. The lowest BCUT2D eigenvalue weighted by Crippen LogP contribution is -2.41. The van der Waals surface area contributed by atoms with Crippen LogP contribution in [-0.2, 0) is 19.1 Å². The number of fused-ring (bicyclic) bond motifs is 2. The molecule has 0 aliphatic carbocycles. The average molecular weight is 494 g/mol. The second-order valence-corrected chi connectivity index (χ2v) is 9.05. The van der Waals surface area contributed by atoms with Crippen molar-refractivity contribution in [3.8, 4) is 11.1 Å². The summed E-state index contributed by atoms with van der Waals surface area (Å²) in [5.74, 6) is -3.67. The van der Waals surface area contributed by atoms with Crippen molar-refractivity contribution in [2.75, 3.05) is 11.9 Å². The minimum absolute atomic E-state index is 0.196. The van der Waals surface area contributed by atoms with Crippen LogP contribution in [0.5, 0.6) is 0 Å². The molecule has 0 spiro atoms. The van der Waals surface area contributed by atoms with E-state index in [1.54, 1.807) is 12.3 Å². The van der Waals surface area contributed by atoms with E-state index in [4.69, 9.17) is 9.47 Å². The van der Waals surface area contributed by atoms with Gasteiger partial charge in [0.25, 0.3) is 0 Å². The summed E-state index contributed by atoms with van der Waals surface area (Å²) in [6.45, 7) is 1.91. The molecule has 0 unspecified atom stereocenters. The van der Waals surface area contributed by atoms with Crippen LogP contribution in [0.1, 0.15) is 30.1 Å². The van der Waals surface area contributed by atoms with E-state index in [0.29, 0.717) is 23.4 Å². The fourth-order valence-electron chi connectivity index (χ4n) is 4.24. The molecule has 4 atom stereocenters. The Bertz CT molecular complexity index is 1010. The van der Waals surface area contributed by atoms with Crippen molar-refractivity contribution in [2.24, 2.45) is 11.8 Å². The number of amides is 1. The number of benzene rings is 1. The highest BCUT2D eigenvalue weighted by Gasteiger charge is 2.55. The molecule has 2 saturated heterocycles. The molecule has 2 bridgehead atoms. The minimum atomic E-state index is -1.03. The van der Waals surface area contributed by atoms with Gasteiger partial charge in [0.1, 0.15) is 10.6 Å². The van der Waals surface area contributed by atoms with Gasteiger partial charge < -0.3 is 19.9 Å². The van der Waals surface area contributed by atoms with Crippen LogP contribution in [0.4, 0.5) is 5.00 Å². The molecule has 0 saturated carbocycles. The number of anilines is 1. The Morgan fingerprint density at radius 3 is 2.67 bits per heavy atom. The van der Waals surface area contributed by atoms with Gasteiger partial charge in [0, 0.05) is 15.4 Å². The maximum absolute atomic E-state index is 13.0. The number of esters is 1. The SMILES string of the molecule is CCOC(=O)c1c(-c2cccc(Br)c2)csc1NC(=O)[C@H]1[C@@H](C(=O)O)[C@H]2CC[C@@H]1O2. The van der Waals surface area contributed by atoms with E-state index in [1.807, 2.05) is 24.3 Å². The number of nitrogens with one attached hydrogen (secondary N) is 1.